The van der Waals surface area contributed by atoms with Crippen LogP contribution in [0, 0.1) is 5.92 Å². The highest BCUT2D eigenvalue weighted by Gasteiger charge is 2.34. The Morgan fingerprint density at radius 3 is 2.48 bits per heavy atom. The van der Waals surface area contributed by atoms with E-state index in [1.165, 1.54) is 30.8 Å². The molecule has 0 bridgehead atoms. The van der Waals surface area contributed by atoms with E-state index in [-0.39, 0.29) is 30.0 Å². The van der Waals surface area contributed by atoms with Gasteiger partial charge in [-0.25, -0.2) is 0 Å². The topological polar surface area (TPSA) is 42.9 Å². The Morgan fingerprint density at radius 2 is 1.88 bits per heavy atom. The first kappa shape index (κ1) is 22.8. The summed E-state index contributed by atoms with van der Waals surface area (Å²) in [5, 5.41) is 6.55. The van der Waals surface area contributed by atoms with Crippen LogP contribution in [0.1, 0.15) is 26.2 Å². The maximum atomic E-state index is 12.4. The molecule has 2 fully saturated rings. The minimum absolute atomic E-state index is 0. The molecule has 25 heavy (non-hydrogen) atoms. The Hall–Kier alpha value is -0.290. The summed E-state index contributed by atoms with van der Waals surface area (Å²) < 4.78 is 37.3. The summed E-state index contributed by atoms with van der Waals surface area (Å²) in [5.74, 6) is 1.19. The van der Waals surface area contributed by atoms with Crippen LogP contribution in [0.25, 0.3) is 0 Å². The average molecular weight is 477 g/mol. The van der Waals surface area contributed by atoms with Crippen molar-refractivity contribution in [3.05, 3.63) is 0 Å². The largest absolute Gasteiger partial charge is 0.401 e. The van der Waals surface area contributed by atoms with Gasteiger partial charge in [-0.05, 0) is 38.3 Å². The molecule has 148 valence electrons. The first-order valence-electron chi connectivity index (χ1n) is 8.84. The predicted molar refractivity (Wildman–Crippen MR) is 106 cm³/mol. The lowest BCUT2D eigenvalue weighted by atomic mass is 10.1. The van der Waals surface area contributed by atoms with Gasteiger partial charge in [0, 0.05) is 39.3 Å². The van der Waals surface area contributed by atoms with Crippen molar-refractivity contribution >= 4 is 29.9 Å². The van der Waals surface area contributed by atoms with Crippen LogP contribution in [-0.4, -0.2) is 80.8 Å². The third-order valence-corrected chi connectivity index (χ3v) is 4.63. The van der Waals surface area contributed by atoms with Gasteiger partial charge in [-0.1, -0.05) is 6.92 Å². The zero-order valence-electron chi connectivity index (χ0n) is 15.1. The summed E-state index contributed by atoms with van der Waals surface area (Å²) in [4.78, 5) is 8.12. The van der Waals surface area contributed by atoms with Gasteiger partial charge >= 0.3 is 6.18 Å². The van der Waals surface area contributed by atoms with Gasteiger partial charge in [0.15, 0.2) is 5.96 Å². The molecule has 5 nitrogen and oxygen atoms in total. The Morgan fingerprint density at radius 1 is 1.20 bits per heavy atom. The summed E-state index contributed by atoms with van der Waals surface area (Å²) in [6.07, 6.45) is -0.834. The quantitative estimate of drug-likeness (QED) is 0.350. The van der Waals surface area contributed by atoms with Gasteiger partial charge in [-0.2, -0.15) is 13.2 Å². The van der Waals surface area contributed by atoms with E-state index in [1.807, 2.05) is 0 Å². The molecule has 2 N–H and O–H groups in total. The number of hydrogen-bond donors (Lipinski definition) is 2. The SMILES string of the molecule is CN=C(NCC(C)CN1CCCC1)NC1CCN(CC(F)(F)F)C1.I. The first-order chi connectivity index (χ1) is 11.4. The first-order valence-corrected chi connectivity index (χ1v) is 8.84. The zero-order chi connectivity index (χ0) is 17.6. The number of halogens is 4. The number of nitrogens with one attached hydrogen (secondary N) is 2. The molecule has 0 aromatic heterocycles. The highest BCUT2D eigenvalue weighted by atomic mass is 127. The number of rotatable bonds is 6. The van der Waals surface area contributed by atoms with Crippen LogP contribution in [0.4, 0.5) is 13.2 Å². The van der Waals surface area contributed by atoms with Crippen molar-refractivity contribution in [3.8, 4) is 0 Å². The van der Waals surface area contributed by atoms with Crippen molar-refractivity contribution in [1.82, 2.24) is 20.4 Å². The minimum atomic E-state index is -4.13. The lowest BCUT2D eigenvalue weighted by molar-refractivity contribution is -0.143. The molecule has 2 atom stereocenters. The third-order valence-electron chi connectivity index (χ3n) is 4.63. The highest BCUT2D eigenvalue weighted by molar-refractivity contribution is 14.0. The van der Waals surface area contributed by atoms with Gasteiger partial charge in [-0.15, -0.1) is 24.0 Å². The van der Waals surface area contributed by atoms with Crippen LogP contribution in [0.2, 0.25) is 0 Å². The Labute approximate surface area is 165 Å². The lowest BCUT2D eigenvalue weighted by Crippen LogP contribution is -2.46. The second kappa shape index (κ2) is 10.8. The Bertz CT molecular complexity index is 413. The molecule has 0 aromatic carbocycles. The predicted octanol–water partition coefficient (Wildman–Crippen LogP) is 2.14. The highest BCUT2D eigenvalue weighted by Crippen LogP contribution is 2.19. The van der Waals surface area contributed by atoms with Crippen LogP contribution in [0.5, 0.6) is 0 Å². The average Bonchev–Trinajstić information content (AvgIpc) is 3.13. The fourth-order valence-corrected chi connectivity index (χ4v) is 3.48. The molecule has 9 heteroatoms. The third kappa shape index (κ3) is 8.76. The van der Waals surface area contributed by atoms with Crippen molar-refractivity contribution in [3.63, 3.8) is 0 Å². The van der Waals surface area contributed by atoms with E-state index in [1.54, 1.807) is 7.05 Å². The second-order valence-corrected chi connectivity index (χ2v) is 7.05. The molecule has 2 saturated heterocycles. The van der Waals surface area contributed by atoms with Gasteiger partial charge in [0.2, 0.25) is 0 Å². The molecule has 2 aliphatic heterocycles. The number of nitrogens with zero attached hydrogens (tertiary/aromatic N) is 3. The molecule has 0 saturated carbocycles. The van der Waals surface area contributed by atoms with Gasteiger partial charge in [0.25, 0.3) is 0 Å². The molecule has 2 rings (SSSR count). The molecule has 0 aromatic rings. The molecule has 2 heterocycles. The van der Waals surface area contributed by atoms with Gasteiger partial charge in [0.1, 0.15) is 0 Å². The molecular weight excluding hydrogens is 446 g/mol. The van der Waals surface area contributed by atoms with Gasteiger partial charge in [-0.3, -0.25) is 9.89 Å². The van der Waals surface area contributed by atoms with Crippen molar-refractivity contribution < 1.29 is 13.2 Å². The van der Waals surface area contributed by atoms with E-state index in [2.05, 4.69) is 27.4 Å². The number of alkyl halides is 3. The number of guanidine groups is 1. The van der Waals surface area contributed by atoms with E-state index in [4.69, 9.17) is 0 Å². The zero-order valence-corrected chi connectivity index (χ0v) is 17.4. The van der Waals surface area contributed by atoms with E-state index < -0.39 is 12.7 Å². The van der Waals surface area contributed by atoms with Crippen LogP contribution in [0.3, 0.4) is 0 Å². The van der Waals surface area contributed by atoms with Crippen molar-refractivity contribution in [1.29, 1.82) is 0 Å². The summed E-state index contributed by atoms with van der Waals surface area (Å²) in [7, 11) is 1.70. The van der Waals surface area contributed by atoms with Crippen LogP contribution in [0.15, 0.2) is 4.99 Å². The molecule has 2 unspecified atom stereocenters. The summed E-state index contributed by atoms with van der Waals surface area (Å²) in [5.41, 5.74) is 0. The molecule has 0 radical (unpaired) electrons. The van der Waals surface area contributed by atoms with E-state index in [9.17, 15) is 13.2 Å². The fourth-order valence-electron chi connectivity index (χ4n) is 3.48. The molecule has 2 aliphatic rings. The molecule has 0 spiro atoms. The smallest absolute Gasteiger partial charge is 0.356 e. The van der Waals surface area contributed by atoms with E-state index >= 15 is 0 Å². The number of hydrogen-bond acceptors (Lipinski definition) is 3. The summed E-state index contributed by atoms with van der Waals surface area (Å²) in [6.45, 7) is 6.52. The van der Waals surface area contributed by atoms with Gasteiger partial charge < -0.3 is 15.5 Å². The van der Waals surface area contributed by atoms with Gasteiger partial charge in [0.05, 0.1) is 6.54 Å². The Kier molecular flexibility index (Phi) is 9.79. The van der Waals surface area contributed by atoms with Crippen molar-refractivity contribution in [2.24, 2.45) is 10.9 Å². The summed E-state index contributed by atoms with van der Waals surface area (Å²) in [6, 6.07) is 0.0208. The second-order valence-electron chi connectivity index (χ2n) is 7.05. The van der Waals surface area contributed by atoms with E-state index in [0.29, 0.717) is 31.4 Å². The summed E-state index contributed by atoms with van der Waals surface area (Å²) >= 11 is 0. The minimum Gasteiger partial charge on any atom is -0.356 e. The number of aliphatic imine (C=N–C) groups is 1. The van der Waals surface area contributed by atoms with E-state index in [0.717, 1.165) is 13.1 Å². The van der Waals surface area contributed by atoms with Crippen molar-refractivity contribution in [2.45, 2.75) is 38.4 Å². The maximum Gasteiger partial charge on any atom is 0.401 e. The standard InChI is InChI=1S/C16H30F3N5.HI/c1-13(10-23-6-3-4-7-23)9-21-15(20-2)22-14-5-8-24(11-14)12-16(17,18)19;/h13-14H,3-12H2,1-2H3,(H2,20,21,22);1H. The normalized spacial score (nSPS) is 24.2. The van der Waals surface area contributed by atoms with Crippen LogP contribution >= 0.6 is 24.0 Å². The number of likely N-dealkylation sites (tertiary alicyclic amines) is 2. The Balaban J connectivity index is 0.00000312. The lowest BCUT2D eigenvalue weighted by Gasteiger charge is -2.23. The maximum absolute atomic E-state index is 12.4. The van der Waals surface area contributed by atoms with Crippen LogP contribution in [-0.2, 0) is 0 Å². The molecule has 0 aliphatic carbocycles. The fraction of sp³-hybridized carbons (Fsp3) is 0.938. The molecular formula is C16H31F3IN5. The monoisotopic (exact) mass is 477 g/mol. The van der Waals surface area contributed by atoms with Crippen LogP contribution < -0.4 is 10.6 Å². The van der Waals surface area contributed by atoms with Crippen molar-refractivity contribution in [2.75, 3.05) is 52.9 Å². The molecule has 0 amide bonds.